The van der Waals surface area contributed by atoms with Crippen molar-refractivity contribution >= 4 is 23.6 Å². The van der Waals surface area contributed by atoms with E-state index < -0.39 is 12.3 Å². The summed E-state index contributed by atoms with van der Waals surface area (Å²) < 4.78 is 13.0. The van der Waals surface area contributed by atoms with E-state index in [1.54, 1.807) is 11.8 Å². The molecule has 1 saturated heterocycles. The molecule has 1 aromatic heterocycles. The number of amides is 1. The predicted octanol–water partition coefficient (Wildman–Crippen LogP) is 6.34. The Balaban J connectivity index is 1.23. The van der Waals surface area contributed by atoms with Crippen LogP contribution in [0.25, 0.3) is 11.1 Å². The molecule has 2 heterocycles. The van der Waals surface area contributed by atoms with Crippen LogP contribution in [-0.4, -0.2) is 49.1 Å². The maximum Gasteiger partial charge on any atom is 0.303 e. The lowest BCUT2D eigenvalue weighted by molar-refractivity contribution is -0.245. The molecule has 3 atom stereocenters. The van der Waals surface area contributed by atoms with E-state index in [-0.39, 0.29) is 31.1 Å². The molecule has 1 aliphatic rings. The molecule has 10 nitrogen and oxygen atoms in total. The first-order valence-electron chi connectivity index (χ1n) is 15.6. The van der Waals surface area contributed by atoms with Crippen molar-refractivity contribution in [3.63, 3.8) is 0 Å². The minimum absolute atomic E-state index is 0.00573. The van der Waals surface area contributed by atoms with Crippen LogP contribution in [0.2, 0.25) is 0 Å². The number of nitrogens with zero attached hydrogens (tertiary/aromatic N) is 2. The molecular weight excluding hydrogens is 604 g/mol. The Morgan fingerprint density at radius 2 is 1.65 bits per heavy atom. The van der Waals surface area contributed by atoms with E-state index in [0.29, 0.717) is 31.6 Å². The number of hydrogen-bond donors (Lipinski definition) is 4. The number of hydrogen-bond acceptors (Lipinski definition) is 8. The molecule has 46 heavy (non-hydrogen) atoms. The van der Waals surface area contributed by atoms with Crippen molar-refractivity contribution in [1.29, 1.82) is 0 Å². The number of carbonyl (C=O) groups is 2. The van der Waals surface area contributed by atoms with Gasteiger partial charge in [-0.25, -0.2) is 4.98 Å². The van der Waals surface area contributed by atoms with Crippen LogP contribution in [0.1, 0.15) is 79.6 Å². The van der Waals surface area contributed by atoms with Crippen LogP contribution in [-0.2, 0) is 32.2 Å². The standard InChI is InChI=1S/C35H40N4O6S/c40-21-24-13-15-26(16-14-24)31-19-30(22-46-35-37-23-38-39-35)44-34(45-31)29-10-6-9-28(18-29)27-8-5-7-25(17-27)20-36-32(41)11-3-1-2-4-12-33(42)43/h5-10,13-18,23,30-31,34,40H,1-4,11-12,19-22H2,(H,36,41)(H,42,43)(H,37,38,39)/t30-,31+,34+/m1/s1. The molecule has 0 unspecified atom stereocenters. The molecule has 3 aromatic carbocycles. The van der Waals surface area contributed by atoms with E-state index >= 15 is 0 Å². The number of H-pyrrole nitrogens is 1. The Kier molecular flexibility index (Phi) is 12.4. The Bertz CT molecular complexity index is 1550. The molecule has 0 saturated carbocycles. The summed E-state index contributed by atoms with van der Waals surface area (Å²) in [7, 11) is 0. The van der Waals surface area contributed by atoms with Gasteiger partial charge in [0.25, 0.3) is 0 Å². The number of unbranched alkanes of at least 4 members (excludes halogenated alkanes) is 3. The molecule has 4 aromatic rings. The second-order valence-electron chi connectivity index (χ2n) is 11.4. The fourth-order valence-corrected chi connectivity index (χ4v) is 6.19. The largest absolute Gasteiger partial charge is 0.481 e. The number of aromatic amines is 1. The summed E-state index contributed by atoms with van der Waals surface area (Å²) >= 11 is 1.56. The first-order chi connectivity index (χ1) is 22.5. The number of nitrogens with one attached hydrogen (secondary N) is 2. The molecule has 0 radical (unpaired) electrons. The van der Waals surface area contributed by atoms with Crippen LogP contribution >= 0.6 is 11.8 Å². The maximum absolute atomic E-state index is 12.4. The Morgan fingerprint density at radius 3 is 2.39 bits per heavy atom. The number of rotatable bonds is 16. The molecule has 11 heteroatoms. The first-order valence-corrected chi connectivity index (χ1v) is 16.6. The van der Waals surface area contributed by atoms with Crippen LogP contribution in [0.3, 0.4) is 0 Å². The normalized spacial score (nSPS) is 17.9. The van der Waals surface area contributed by atoms with Gasteiger partial charge in [0.15, 0.2) is 11.4 Å². The number of aliphatic hydroxyl groups excluding tert-OH is 1. The van der Waals surface area contributed by atoms with Crippen LogP contribution < -0.4 is 5.32 Å². The monoisotopic (exact) mass is 644 g/mol. The maximum atomic E-state index is 12.4. The summed E-state index contributed by atoms with van der Waals surface area (Å²) in [5.41, 5.74) is 5.83. The molecule has 1 fully saturated rings. The zero-order valence-electron chi connectivity index (χ0n) is 25.6. The lowest BCUT2D eigenvalue weighted by Gasteiger charge is -2.36. The second kappa shape index (κ2) is 17.0. The summed E-state index contributed by atoms with van der Waals surface area (Å²) in [5.74, 6) is -0.104. The van der Waals surface area contributed by atoms with E-state index in [2.05, 4.69) is 38.7 Å². The van der Waals surface area contributed by atoms with Gasteiger partial charge in [0.05, 0.1) is 18.8 Å². The zero-order valence-corrected chi connectivity index (χ0v) is 26.5. The molecule has 242 valence electrons. The number of ether oxygens (including phenoxy) is 2. The number of aliphatic hydroxyl groups is 1. The molecule has 1 aliphatic heterocycles. The van der Waals surface area contributed by atoms with E-state index in [0.717, 1.165) is 57.8 Å². The number of aromatic nitrogens is 3. The Labute approximate surface area is 272 Å². The van der Waals surface area contributed by atoms with Gasteiger partial charge in [0, 0.05) is 37.1 Å². The van der Waals surface area contributed by atoms with E-state index in [4.69, 9.17) is 14.6 Å². The lowest BCUT2D eigenvalue weighted by atomic mass is 9.99. The SMILES string of the molecule is O=C(O)CCCCCCC(=O)NCc1cccc(-c2cccc([C@H]3O[C@@H](CSc4ncn[nH]4)C[C@@H](c4ccc(CO)cc4)O3)c2)c1. The van der Waals surface area contributed by atoms with Gasteiger partial charge < -0.3 is 25.0 Å². The van der Waals surface area contributed by atoms with Gasteiger partial charge in [-0.05, 0) is 52.8 Å². The third kappa shape index (κ3) is 9.98. The molecule has 0 aliphatic carbocycles. The number of carboxylic acid groups (broad SMARTS) is 1. The summed E-state index contributed by atoms with van der Waals surface area (Å²) in [4.78, 5) is 27.2. The first kappa shape index (κ1) is 33.3. The van der Waals surface area contributed by atoms with Crippen LogP contribution in [0.15, 0.2) is 84.3 Å². The Morgan fingerprint density at radius 1 is 0.891 bits per heavy atom. The van der Waals surface area contributed by atoms with Crippen LogP contribution in [0.4, 0.5) is 0 Å². The number of carboxylic acids is 1. The highest BCUT2D eigenvalue weighted by Gasteiger charge is 2.32. The van der Waals surface area contributed by atoms with Crippen LogP contribution in [0.5, 0.6) is 0 Å². The van der Waals surface area contributed by atoms with Gasteiger partial charge in [0.1, 0.15) is 6.33 Å². The van der Waals surface area contributed by atoms with E-state index in [1.807, 2.05) is 54.6 Å². The van der Waals surface area contributed by atoms with Gasteiger partial charge >= 0.3 is 5.97 Å². The van der Waals surface area contributed by atoms with E-state index in [1.165, 1.54) is 6.33 Å². The summed E-state index contributed by atoms with van der Waals surface area (Å²) in [6.07, 6.45) is 4.96. The smallest absolute Gasteiger partial charge is 0.303 e. The number of thioether (sulfide) groups is 1. The number of aliphatic carboxylic acids is 1. The molecule has 4 N–H and O–H groups in total. The minimum Gasteiger partial charge on any atom is -0.481 e. The van der Waals surface area contributed by atoms with Crippen molar-refractivity contribution in [2.24, 2.45) is 0 Å². The summed E-state index contributed by atoms with van der Waals surface area (Å²) in [6.45, 7) is 0.424. The quantitative estimate of drug-likeness (QED) is 0.0810. The molecule has 5 rings (SSSR count). The molecule has 0 spiro atoms. The lowest BCUT2D eigenvalue weighted by Crippen LogP contribution is -2.31. The second-order valence-corrected chi connectivity index (χ2v) is 12.4. The van der Waals surface area contributed by atoms with Gasteiger partial charge in [-0.3, -0.25) is 14.7 Å². The van der Waals surface area contributed by atoms with Gasteiger partial charge in [-0.15, -0.1) is 0 Å². The molecule has 0 bridgehead atoms. The highest BCUT2D eigenvalue weighted by atomic mass is 32.2. The number of carbonyl (C=O) groups excluding carboxylic acids is 1. The van der Waals surface area contributed by atoms with Crippen LogP contribution in [0, 0.1) is 0 Å². The van der Waals surface area contributed by atoms with Crippen molar-refractivity contribution in [2.75, 3.05) is 5.75 Å². The van der Waals surface area contributed by atoms with Gasteiger partial charge in [-0.1, -0.05) is 85.3 Å². The van der Waals surface area contributed by atoms with Crippen molar-refractivity contribution in [3.8, 4) is 11.1 Å². The zero-order chi connectivity index (χ0) is 32.1. The summed E-state index contributed by atoms with van der Waals surface area (Å²) in [5, 5.41) is 28.8. The molecular formula is C35H40N4O6S. The third-order valence-corrected chi connectivity index (χ3v) is 8.88. The van der Waals surface area contributed by atoms with Crippen molar-refractivity contribution < 1.29 is 29.3 Å². The number of benzene rings is 3. The minimum atomic E-state index is -0.777. The topological polar surface area (TPSA) is 147 Å². The van der Waals surface area contributed by atoms with Crippen molar-refractivity contribution in [1.82, 2.24) is 20.5 Å². The van der Waals surface area contributed by atoms with Crippen molar-refractivity contribution in [3.05, 3.63) is 101 Å². The Hall–Kier alpha value is -4.03. The summed E-state index contributed by atoms with van der Waals surface area (Å²) in [6, 6.07) is 24.1. The molecule has 1 amide bonds. The highest BCUT2D eigenvalue weighted by molar-refractivity contribution is 7.99. The highest BCUT2D eigenvalue weighted by Crippen LogP contribution is 2.40. The average Bonchev–Trinajstić information content (AvgIpc) is 3.62. The third-order valence-electron chi connectivity index (χ3n) is 7.87. The fourth-order valence-electron chi connectivity index (χ4n) is 5.39. The van der Waals surface area contributed by atoms with Gasteiger partial charge in [-0.2, -0.15) is 5.10 Å². The fraction of sp³-hybridized carbons (Fsp3) is 0.371. The average molecular weight is 645 g/mol. The van der Waals surface area contributed by atoms with Crippen molar-refractivity contribution in [2.45, 2.75) is 81.8 Å². The predicted molar refractivity (Wildman–Crippen MR) is 175 cm³/mol. The van der Waals surface area contributed by atoms with E-state index in [9.17, 15) is 14.7 Å². The van der Waals surface area contributed by atoms with Gasteiger partial charge in [0.2, 0.25) is 5.91 Å².